The molecule has 1 N–H and O–H groups in total. The van der Waals surface area contributed by atoms with Gasteiger partial charge in [0.1, 0.15) is 0 Å². The van der Waals surface area contributed by atoms with Crippen LogP contribution in [0.4, 0.5) is 0 Å². The molecule has 1 aliphatic heterocycles. The number of nitrogens with one attached hydrogen (secondary N) is 1. The van der Waals surface area contributed by atoms with Gasteiger partial charge in [-0.15, -0.1) is 0 Å². The Hall–Kier alpha value is -0.0400. The first-order valence-corrected chi connectivity index (χ1v) is 6.79. The molecule has 2 fully saturated rings. The molecule has 1 heteroatoms. The molecule has 0 aromatic carbocycles. The van der Waals surface area contributed by atoms with Crippen molar-refractivity contribution >= 4 is 0 Å². The topological polar surface area (TPSA) is 12.0 Å². The maximum absolute atomic E-state index is 3.60. The Balaban J connectivity index is 2.10. The minimum atomic E-state index is 0.614. The van der Waals surface area contributed by atoms with Crippen LogP contribution in [0.5, 0.6) is 0 Å². The maximum Gasteiger partial charge on any atom is -0.00152 e. The summed E-state index contributed by atoms with van der Waals surface area (Å²) >= 11 is 0. The molecule has 0 bridgehead atoms. The summed E-state index contributed by atoms with van der Waals surface area (Å²) in [5.74, 6) is 0.957. The van der Waals surface area contributed by atoms with E-state index >= 15 is 0 Å². The van der Waals surface area contributed by atoms with Crippen molar-refractivity contribution in [1.29, 1.82) is 0 Å². The van der Waals surface area contributed by atoms with Crippen LogP contribution in [0, 0.1) is 16.7 Å². The van der Waals surface area contributed by atoms with Crippen molar-refractivity contribution in [2.24, 2.45) is 16.7 Å². The van der Waals surface area contributed by atoms with Gasteiger partial charge in [-0.2, -0.15) is 0 Å². The molecule has 2 rings (SSSR count). The summed E-state index contributed by atoms with van der Waals surface area (Å²) < 4.78 is 0. The average molecular weight is 209 g/mol. The molecule has 2 atom stereocenters. The van der Waals surface area contributed by atoms with E-state index in [1.54, 1.807) is 0 Å². The summed E-state index contributed by atoms with van der Waals surface area (Å²) in [6.07, 6.45) is 8.64. The van der Waals surface area contributed by atoms with Gasteiger partial charge in [0.25, 0.3) is 0 Å². The zero-order valence-corrected chi connectivity index (χ0v) is 10.7. The van der Waals surface area contributed by atoms with Gasteiger partial charge in [-0.3, -0.25) is 0 Å². The van der Waals surface area contributed by atoms with Crippen molar-refractivity contribution in [3.05, 3.63) is 0 Å². The van der Waals surface area contributed by atoms with Gasteiger partial charge >= 0.3 is 0 Å². The average Bonchev–Trinajstić information content (AvgIpc) is 2.48. The highest BCUT2D eigenvalue weighted by atomic mass is 14.9. The first-order chi connectivity index (χ1) is 7.08. The SMILES string of the molecule is CCCC1CNCCC12CCC(C)(C)C2. The molecule has 1 saturated carbocycles. The Morgan fingerprint density at radius 3 is 2.60 bits per heavy atom. The Labute approximate surface area is 95.0 Å². The number of hydrogen-bond acceptors (Lipinski definition) is 1. The third-order valence-electron chi connectivity index (χ3n) is 4.82. The minimum Gasteiger partial charge on any atom is -0.316 e. The summed E-state index contributed by atoms with van der Waals surface area (Å²) in [5.41, 5.74) is 1.33. The van der Waals surface area contributed by atoms with Gasteiger partial charge in [0.15, 0.2) is 0 Å². The molecule has 1 spiro atoms. The van der Waals surface area contributed by atoms with E-state index in [1.165, 1.54) is 51.6 Å². The molecule has 2 unspecified atom stereocenters. The van der Waals surface area contributed by atoms with Gasteiger partial charge in [-0.25, -0.2) is 0 Å². The van der Waals surface area contributed by atoms with Gasteiger partial charge in [-0.1, -0.05) is 27.2 Å². The van der Waals surface area contributed by atoms with Crippen molar-refractivity contribution in [2.45, 2.75) is 59.3 Å². The Kier molecular flexibility index (Phi) is 3.12. The Morgan fingerprint density at radius 1 is 1.20 bits per heavy atom. The molecule has 2 aliphatic rings. The Bertz CT molecular complexity index is 219. The molecule has 0 aromatic heterocycles. The van der Waals surface area contributed by atoms with E-state index in [-0.39, 0.29) is 0 Å². The van der Waals surface area contributed by atoms with Crippen molar-refractivity contribution in [3.63, 3.8) is 0 Å². The van der Waals surface area contributed by atoms with E-state index in [1.807, 2.05) is 0 Å². The molecule has 0 radical (unpaired) electrons. The molecule has 1 nitrogen and oxygen atoms in total. The molecule has 15 heavy (non-hydrogen) atoms. The fourth-order valence-electron chi connectivity index (χ4n) is 4.07. The van der Waals surface area contributed by atoms with Crippen LogP contribution in [0.3, 0.4) is 0 Å². The van der Waals surface area contributed by atoms with Crippen LogP contribution in [-0.2, 0) is 0 Å². The highest BCUT2D eigenvalue weighted by Crippen LogP contribution is 2.56. The predicted molar refractivity (Wildman–Crippen MR) is 65.9 cm³/mol. The lowest BCUT2D eigenvalue weighted by molar-refractivity contribution is 0.0928. The highest BCUT2D eigenvalue weighted by Gasteiger charge is 2.48. The third kappa shape index (κ3) is 2.22. The maximum atomic E-state index is 3.60. The Morgan fingerprint density at radius 2 is 2.00 bits per heavy atom. The van der Waals surface area contributed by atoms with E-state index in [4.69, 9.17) is 0 Å². The summed E-state index contributed by atoms with van der Waals surface area (Å²) in [6, 6.07) is 0. The lowest BCUT2D eigenvalue weighted by atomic mass is 9.66. The second-order valence-electron chi connectivity index (χ2n) is 6.64. The van der Waals surface area contributed by atoms with Gasteiger partial charge in [0.05, 0.1) is 0 Å². The molecule has 0 aromatic rings. The van der Waals surface area contributed by atoms with E-state index < -0.39 is 0 Å². The van der Waals surface area contributed by atoms with Crippen molar-refractivity contribution in [3.8, 4) is 0 Å². The van der Waals surface area contributed by atoms with E-state index in [9.17, 15) is 0 Å². The second-order valence-corrected chi connectivity index (χ2v) is 6.64. The van der Waals surface area contributed by atoms with Crippen LogP contribution in [0.1, 0.15) is 59.3 Å². The predicted octanol–water partition coefficient (Wildman–Crippen LogP) is 3.59. The highest BCUT2D eigenvalue weighted by molar-refractivity contribution is 5.00. The van der Waals surface area contributed by atoms with Gasteiger partial charge < -0.3 is 5.32 Å². The number of rotatable bonds is 2. The zero-order chi connectivity index (χ0) is 10.9. The summed E-state index contributed by atoms with van der Waals surface area (Å²) in [4.78, 5) is 0. The fraction of sp³-hybridized carbons (Fsp3) is 1.00. The summed E-state index contributed by atoms with van der Waals surface area (Å²) in [6.45, 7) is 9.81. The smallest absolute Gasteiger partial charge is 0.00152 e. The monoisotopic (exact) mass is 209 g/mol. The third-order valence-corrected chi connectivity index (χ3v) is 4.82. The number of hydrogen-bond donors (Lipinski definition) is 1. The van der Waals surface area contributed by atoms with Crippen molar-refractivity contribution < 1.29 is 0 Å². The molecule has 88 valence electrons. The van der Waals surface area contributed by atoms with Gasteiger partial charge in [0.2, 0.25) is 0 Å². The standard InChI is InChI=1S/C14H27N/c1-4-5-12-10-15-9-8-14(12)7-6-13(2,3)11-14/h12,15H,4-11H2,1-3H3. The molecular weight excluding hydrogens is 182 g/mol. The molecular formula is C14H27N. The van der Waals surface area contributed by atoms with E-state index in [0.717, 1.165) is 5.92 Å². The largest absolute Gasteiger partial charge is 0.316 e. The number of piperidine rings is 1. The molecule has 1 heterocycles. The van der Waals surface area contributed by atoms with Crippen LogP contribution in [-0.4, -0.2) is 13.1 Å². The summed E-state index contributed by atoms with van der Waals surface area (Å²) in [7, 11) is 0. The lowest BCUT2D eigenvalue weighted by Crippen LogP contribution is -2.44. The van der Waals surface area contributed by atoms with Crippen LogP contribution in [0.15, 0.2) is 0 Å². The fourth-order valence-corrected chi connectivity index (χ4v) is 4.07. The quantitative estimate of drug-likeness (QED) is 0.733. The van der Waals surface area contributed by atoms with Gasteiger partial charge in [0, 0.05) is 0 Å². The first kappa shape index (κ1) is 11.4. The van der Waals surface area contributed by atoms with Crippen molar-refractivity contribution in [2.75, 3.05) is 13.1 Å². The molecule has 1 saturated heterocycles. The minimum absolute atomic E-state index is 0.614. The normalized spacial score (nSPS) is 39.8. The zero-order valence-electron chi connectivity index (χ0n) is 10.7. The first-order valence-electron chi connectivity index (χ1n) is 6.79. The molecule has 0 amide bonds. The van der Waals surface area contributed by atoms with Gasteiger partial charge in [-0.05, 0) is 61.9 Å². The van der Waals surface area contributed by atoms with E-state index in [2.05, 4.69) is 26.1 Å². The second kappa shape index (κ2) is 4.08. The van der Waals surface area contributed by atoms with Crippen LogP contribution < -0.4 is 5.32 Å². The van der Waals surface area contributed by atoms with Crippen LogP contribution >= 0.6 is 0 Å². The van der Waals surface area contributed by atoms with Crippen molar-refractivity contribution in [1.82, 2.24) is 5.32 Å². The summed E-state index contributed by atoms with van der Waals surface area (Å²) in [5, 5.41) is 3.60. The molecule has 1 aliphatic carbocycles. The van der Waals surface area contributed by atoms with Crippen LogP contribution in [0.25, 0.3) is 0 Å². The van der Waals surface area contributed by atoms with Crippen LogP contribution in [0.2, 0.25) is 0 Å². The van der Waals surface area contributed by atoms with E-state index in [0.29, 0.717) is 10.8 Å². The lowest BCUT2D eigenvalue weighted by Gasteiger charge is -2.43.